The largest absolute Gasteiger partial charge is 0.494 e. The smallest absolute Gasteiger partial charge is 0.293 e. The van der Waals surface area contributed by atoms with Crippen LogP contribution < -0.4 is 15.4 Å². The summed E-state index contributed by atoms with van der Waals surface area (Å²) >= 11 is 0. The third-order valence-electron chi connectivity index (χ3n) is 5.15. The van der Waals surface area contributed by atoms with Crippen LogP contribution in [-0.2, 0) is 25.5 Å². The minimum Gasteiger partial charge on any atom is -0.494 e. The number of benzene rings is 1. The Labute approximate surface area is 224 Å². The molecule has 1 aliphatic rings. The molecule has 3 rings (SSSR count). The molecule has 0 radical (unpaired) electrons. The lowest BCUT2D eigenvalue weighted by Gasteiger charge is -2.31. The van der Waals surface area contributed by atoms with Crippen molar-refractivity contribution < 1.29 is 33.2 Å². The van der Waals surface area contributed by atoms with Crippen molar-refractivity contribution in [2.24, 2.45) is 11.7 Å². The van der Waals surface area contributed by atoms with Gasteiger partial charge in [0.05, 0.1) is 38.8 Å². The van der Waals surface area contributed by atoms with E-state index < -0.39 is 5.82 Å². The van der Waals surface area contributed by atoms with Gasteiger partial charge in [-0.2, -0.15) is 5.26 Å². The molecule has 10 nitrogen and oxygen atoms in total. The van der Waals surface area contributed by atoms with Crippen molar-refractivity contribution in [3.05, 3.63) is 53.6 Å². The highest BCUT2D eigenvalue weighted by Gasteiger charge is 2.22. The zero-order valence-electron chi connectivity index (χ0n) is 22.7. The fourth-order valence-electron chi connectivity index (χ4n) is 3.23. The number of aliphatic hydroxyl groups is 1. The second-order valence-electron chi connectivity index (χ2n) is 9.16. The van der Waals surface area contributed by atoms with Crippen molar-refractivity contribution in [2.45, 2.75) is 45.6 Å². The van der Waals surface area contributed by atoms with Crippen molar-refractivity contribution in [1.82, 2.24) is 4.98 Å². The minimum atomic E-state index is -0.420. The van der Waals surface area contributed by atoms with Gasteiger partial charge in [0, 0.05) is 25.4 Å². The van der Waals surface area contributed by atoms with Crippen molar-refractivity contribution in [3.8, 4) is 11.8 Å². The summed E-state index contributed by atoms with van der Waals surface area (Å²) in [7, 11) is 2.93. The van der Waals surface area contributed by atoms with E-state index >= 15 is 0 Å². The first-order valence-corrected chi connectivity index (χ1v) is 12.2. The first-order valence-electron chi connectivity index (χ1n) is 12.2. The fourth-order valence-corrected chi connectivity index (χ4v) is 3.23. The first kappa shape index (κ1) is 32.7. The van der Waals surface area contributed by atoms with E-state index in [1.807, 2.05) is 43.9 Å². The van der Waals surface area contributed by atoms with Crippen LogP contribution in [-0.4, -0.2) is 69.0 Å². The zero-order valence-corrected chi connectivity index (χ0v) is 22.7. The van der Waals surface area contributed by atoms with Crippen LogP contribution >= 0.6 is 0 Å². The molecule has 210 valence electrons. The number of rotatable bonds is 9. The van der Waals surface area contributed by atoms with Gasteiger partial charge in [-0.3, -0.25) is 4.79 Å². The molecule has 38 heavy (non-hydrogen) atoms. The Hall–Kier alpha value is -3.30. The fraction of sp³-hybridized carbons (Fsp3) is 0.519. The topological polar surface area (TPSA) is 140 Å². The molecular formula is C27H39FN4O6. The normalized spacial score (nSPS) is 16.5. The first-order chi connectivity index (χ1) is 18.2. The Bertz CT molecular complexity index is 987. The Morgan fingerprint density at radius 3 is 2.39 bits per heavy atom. The van der Waals surface area contributed by atoms with Gasteiger partial charge in [-0.05, 0) is 57.6 Å². The summed E-state index contributed by atoms with van der Waals surface area (Å²) in [6.45, 7) is 7.91. The highest BCUT2D eigenvalue weighted by atomic mass is 19.1. The van der Waals surface area contributed by atoms with Crippen molar-refractivity contribution >= 4 is 12.2 Å². The minimum absolute atomic E-state index is 0.00681. The van der Waals surface area contributed by atoms with Crippen LogP contribution in [0.3, 0.4) is 0 Å². The number of aromatic nitrogens is 1. The second kappa shape index (κ2) is 17.3. The molecule has 1 aromatic heterocycles. The number of halogens is 1. The number of hydrogen-bond donors (Lipinski definition) is 2. The molecule has 0 amide bonds. The summed E-state index contributed by atoms with van der Waals surface area (Å²) in [5.41, 5.74) is 6.10. The summed E-state index contributed by atoms with van der Waals surface area (Å²) in [6.07, 6.45) is 1.86. The lowest BCUT2D eigenvalue weighted by atomic mass is 10.1. The van der Waals surface area contributed by atoms with Gasteiger partial charge < -0.3 is 34.7 Å². The molecule has 2 aromatic rings. The molecule has 1 aliphatic heterocycles. The molecular weight excluding hydrogens is 495 g/mol. The summed E-state index contributed by atoms with van der Waals surface area (Å²) in [4.78, 5) is 15.8. The highest BCUT2D eigenvalue weighted by molar-refractivity contribution is 5.47. The third-order valence-corrected chi connectivity index (χ3v) is 5.15. The van der Waals surface area contributed by atoms with E-state index in [1.165, 1.54) is 20.2 Å². The maximum atomic E-state index is 14.1. The van der Waals surface area contributed by atoms with Gasteiger partial charge in [-0.15, -0.1) is 0 Å². The maximum Gasteiger partial charge on any atom is 0.293 e. The Balaban J connectivity index is 0.000000696. The van der Waals surface area contributed by atoms with E-state index in [2.05, 4.69) is 15.5 Å². The van der Waals surface area contributed by atoms with E-state index in [0.717, 1.165) is 11.3 Å². The van der Waals surface area contributed by atoms with E-state index in [9.17, 15) is 14.3 Å². The summed E-state index contributed by atoms with van der Waals surface area (Å²) in [6, 6.07) is 10.3. The van der Waals surface area contributed by atoms with Crippen molar-refractivity contribution in [2.75, 3.05) is 45.4 Å². The molecule has 11 heteroatoms. The second-order valence-corrected chi connectivity index (χ2v) is 9.16. The monoisotopic (exact) mass is 534 g/mol. The zero-order chi connectivity index (χ0) is 28.6. The van der Waals surface area contributed by atoms with Crippen molar-refractivity contribution in [1.29, 1.82) is 5.26 Å². The maximum absolute atomic E-state index is 14.1. The summed E-state index contributed by atoms with van der Waals surface area (Å²) < 4.78 is 34.9. The number of nitriles is 1. The molecule has 2 heterocycles. The number of ether oxygens (including phenoxy) is 4. The average molecular weight is 535 g/mol. The molecule has 3 N–H and O–H groups in total. The Morgan fingerprint density at radius 1 is 1.26 bits per heavy atom. The number of pyridine rings is 1. The van der Waals surface area contributed by atoms with E-state index in [4.69, 9.17) is 19.5 Å². The molecule has 0 atom stereocenters. The number of carbonyl (C=O) groups is 1. The predicted octanol–water partition coefficient (Wildman–Crippen LogP) is 3.01. The number of nitrogens with two attached hydrogens (primary N) is 1. The average Bonchev–Trinajstić information content (AvgIpc) is 2.92. The molecule has 0 saturated carbocycles. The molecule has 0 aliphatic carbocycles. The number of nitrogens with zero attached hydrogens (tertiary/aromatic N) is 3. The Morgan fingerprint density at radius 2 is 1.95 bits per heavy atom. The molecule has 0 spiro atoms. The van der Waals surface area contributed by atoms with Gasteiger partial charge in [0.1, 0.15) is 17.4 Å². The van der Waals surface area contributed by atoms with Gasteiger partial charge in [-0.25, -0.2) is 9.37 Å². The van der Waals surface area contributed by atoms with Crippen LogP contribution in [0.25, 0.3) is 0 Å². The number of methoxy groups -OCH3 is 1. The van der Waals surface area contributed by atoms with Crippen LogP contribution in [0.15, 0.2) is 36.5 Å². The predicted molar refractivity (Wildman–Crippen MR) is 141 cm³/mol. The quantitative estimate of drug-likeness (QED) is 0.461. The molecule has 0 bridgehead atoms. The van der Waals surface area contributed by atoms with Crippen molar-refractivity contribution in [3.63, 3.8) is 0 Å². The van der Waals surface area contributed by atoms with Gasteiger partial charge in [0.15, 0.2) is 17.9 Å². The number of anilines is 1. The van der Waals surface area contributed by atoms with Gasteiger partial charge in [-0.1, -0.05) is 6.07 Å². The van der Waals surface area contributed by atoms with E-state index in [-0.39, 0.29) is 30.2 Å². The molecule has 1 saturated heterocycles. The summed E-state index contributed by atoms with van der Waals surface area (Å²) in [5, 5.41) is 18.1. The summed E-state index contributed by atoms with van der Waals surface area (Å²) in [5.74, 6) is -0.216. The van der Waals surface area contributed by atoms with Gasteiger partial charge >= 0.3 is 0 Å². The number of carbonyl (C=O) groups excluding carboxylic acids is 1. The number of hydrogen-bond acceptors (Lipinski definition) is 10. The van der Waals surface area contributed by atoms with Crippen LogP contribution in [0.4, 0.5) is 10.1 Å². The van der Waals surface area contributed by atoms with Crippen LogP contribution in [0.1, 0.15) is 38.4 Å². The van der Waals surface area contributed by atoms with Crippen LogP contribution in [0.2, 0.25) is 0 Å². The highest BCUT2D eigenvalue weighted by Crippen LogP contribution is 2.23. The molecule has 0 unspecified atom stereocenters. The molecule has 1 fully saturated rings. The lowest BCUT2D eigenvalue weighted by Crippen LogP contribution is -2.36. The molecule has 1 aromatic carbocycles. The van der Waals surface area contributed by atoms with Crippen LogP contribution in [0, 0.1) is 23.1 Å². The van der Waals surface area contributed by atoms with E-state index in [1.54, 1.807) is 18.3 Å². The van der Waals surface area contributed by atoms with E-state index in [0.29, 0.717) is 44.9 Å². The third kappa shape index (κ3) is 11.8. The standard InChI is InChI=1S/C21H24FN3O4.C5H10O2.CH5N/c1-27-20-5-2-15(8-19(20)22)11-25(18-4-3-17(9-23)24-10-18)7-6-21-28-13-16(12-26)14-29-21;1-5(2,3)7-4-6;1-2/h2-5,8,10,16,21,26H,6-7,11-14H2,1H3;4H,1-3H3;2H2,1H3. The lowest BCUT2D eigenvalue weighted by molar-refractivity contribution is -0.206. The Kier molecular flexibility index (Phi) is 14.9. The van der Waals surface area contributed by atoms with Crippen LogP contribution in [0.5, 0.6) is 5.75 Å². The van der Waals surface area contributed by atoms with Gasteiger partial charge in [0.2, 0.25) is 0 Å². The number of aliphatic hydroxyl groups excluding tert-OH is 1. The van der Waals surface area contributed by atoms with Gasteiger partial charge in [0.25, 0.3) is 6.47 Å². The SMILES string of the molecule is CC(C)(C)OC=O.CN.COc1ccc(CN(CCC2OCC(CO)CO2)c2ccc(C#N)nc2)cc1F.